The lowest BCUT2D eigenvalue weighted by molar-refractivity contribution is 0.0669. The van der Waals surface area contributed by atoms with Crippen LogP contribution in [0.3, 0.4) is 0 Å². The summed E-state index contributed by atoms with van der Waals surface area (Å²) < 4.78 is 37.2. The third kappa shape index (κ3) is 4.87. The molecule has 1 fully saturated rings. The Balaban J connectivity index is 1.45. The summed E-state index contributed by atoms with van der Waals surface area (Å²) in [6, 6.07) is 10.4. The third-order valence-corrected chi connectivity index (χ3v) is 6.58. The van der Waals surface area contributed by atoms with Gasteiger partial charge in [-0.2, -0.15) is 0 Å². The van der Waals surface area contributed by atoms with Crippen LogP contribution in [0.15, 0.2) is 36.4 Å². The lowest BCUT2D eigenvalue weighted by Gasteiger charge is -2.15. The number of hydrogen-bond acceptors (Lipinski definition) is 6. The summed E-state index contributed by atoms with van der Waals surface area (Å²) >= 11 is 1.26. The van der Waals surface area contributed by atoms with Crippen LogP contribution in [-0.2, 0) is 22.6 Å². The van der Waals surface area contributed by atoms with Gasteiger partial charge in [-0.05, 0) is 42.7 Å². The second-order valence-corrected chi connectivity index (χ2v) is 8.62. The van der Waals surface area contributed by atoms with Gasteiger partial charge in [-0.15, -0.1) is 11.3 Å². The Kier molecular flexibility index (Phi) is 7.24. The van der Waals surface area contributed by atoms with Crippen LogP contribution in [0, 0.1) is 5.82 Å². The van der Waals surface area contributed by atoms with Crippen molar-refractivity contribution in [2.45, 2.75) is 32.1 Å². The van der Waals surface area contributed by atoms with E-state index in [-0.39, 0.29) is 24.4 Å². The van der Waals surface area contributed by atoms with Gasteiger partial charge in [0.2, 0.25) is 0 Å². The molecule has 1 amide bonds. The Morgan fingerprint density at radius 1 is 1.25 bits per heavy atom. The van der Waals surface area contributed by atoms with E-state index < -0.39 is 0 Å². The highest BCUT2D eigenvalue weighted by Crippen LogP contribution is 2.34. The smallest absolute Gasteiger partial charge is 0.262 e. The van der Waals surface area contributed by atoms with Crippen LogP contribution in [0.25, 0.3) is 10.1 Å². The molecule has 2 heterocycles. The number of halogens is 1. The molecule has 1 N–H and O–H groups in total. The van der Waals surface area contributed by atoms with Crippen LogP contribution in [0.2, 0.25) is 0 Å². The minimum absolute atomic E-state index is 0.117. The van der Waals surface area contributed by atoms with Gasteiger partial charge in [-0.25, -0.2) is 4.39 Å². The normalized spacial score (nSPS) is 15.8. The topological polar surface area (TPSA) is 66.0 Å². The predicted molar refractivity (Wildman–Crippen MR) is 121 cm³/mol. The van der Waals surface area contributed by atoms with Gasteiger partial charge in [-0.1, -0.05) is 12.1 Å². The average molecular weight is 460 g/mol. The maximum absolute atomic E-state index is 14.4. The highest BCUT2D eigenvalue weighted by molar-refractivity contribution is 7.21. The fraction of sp³-hybridized carbons (Fsp3) is 0.375. The first kappa shape index (κ1) is 22.5. The number of hydrogen-bond donors (Lipinski definition) is 1. The summed E-state index contributed by atoms with van der Waals surface area (Å²) in [4.78, 5) is 13.4. The second-order valence-electron chi connectivity index (χ2n) is 7.57. The first-order valence-corrected chi connectivity index (χ1v) is 11.3. The van der Waals surface area contributed by atoms with Crippen LogP contribution >= 0.6 is 11.3 Å². The van der Waals surface area contributed by atoms with Crippen molar-refractivity contribution in [2.24, 2.45) is 0 Å². The summed E-state index contributed by atoms with van der Waals surface area (Å²) in [6.45, 7) is 1.72. The van der Waals surface area contributed by atoms with E-state index in [1.807, 2.05) is 18.2 Å². The molecule has 1 saturated heterocycles. The zero-order valence-electron chi connectivity index (χ0n) is 18.1. The molecular formula is C24H26FNO5S. The monoisotopic (exact) mass is 459 g/mol. The van der Waals surface area contributed by atoms with E-state index in [0.29, 0.717) is 40.5 Å². The van der Waals surface area contributed by atoms with Crippen molar-refractivity contribution in [1.29, 1.82) is 0 Å². The molecule has 3 aromatic rings. The summed E-state index contributed by atoms with van der Waals surface area (Å²) in [7, 11) is 3.11. The molecule has 0 aliphatic carbocycles. The number of ether oxygens (including phenoxy) is 4. The van der Waals surface area contributed by atoms with Crippen molar-refractivity contribution >= 4 is 27.3 Å². The molecule has 0 radical (unpaired) electrons. The first-order valence-electron chi connectivity index (χ1n) is 10.5. The highest BCUT2D eigenvalue weighted by Gasteiger charge is 2.21. The molecule has 0 saturated carbocycles. The Labute approximate surface area is 190 Å². The minimum Gasteiger partial charge on any atom is -0.493 e. The zero-order valence-corrected chi connectivity index (χ0v) is 18.9. The lowest BCUT2D eigenvalue weighted by atomic mass is 10.1. The van der Waals surface area contributed by atoms with E-state index in [1.54, 1.807) is 19.2 Å². The van der Waals surface area contributed by atoms with Crippen molar-refractivity contribution in [1.82, 2.24) is 5.32 Å². The molecular weight excluding hydrogens is 433 g/mol. The fourth-order valence-corrected chi connectivity index (χ4v) is 4.93. The Bertz CT molecular complexity index is 1090. The van der Waals surface area contributed by atoms with Crippen LogP contribution in [0.4, 0.5) is 4.39 Å². The molecule has 6 nitrogen and oxygen atoms in total. The van der Waals surface area contributed by atoms with E-state index in [1.165, 1.54) is 24.5 Å². The molecule has 1 atom stereocenters. The Morgan fingerprint density at radius 3 is 2.88 bits per heavy atom. The number of nitrogens with one attached hydrogen (secondary N) is 1. The molecule has 1 aliphatic rings. The molecule has 1 aromatic heterocycles. The maximum atomic E-state index is 14.4. The van der Waals surface area contributed by atoms with E-state index in [2.05, 4.69) is 5.32 Å². The molecule has 0 spiro atoms. The largest absolute Gasteiger partial charge is 0.493 e. The van der Waals surface area contributed by atoms with Gasteiger partial charge in [0.1, 0.15) is 12.4 Å². The Morgan fingerprint density at radius 2 is 2.12 bits per heavy atom. The van der Waals surface area contributed by atoms with Crippen LogP contribution < -0.4 is 14.8 Å². The summed E-state index contributed by atoms with van der Waals surface area (Å²) in [6.07, 6.45) is 2.17. The van der Waals surface area contributed by atoms with Gasteiger partial charge >= 0.3 is 0 Å². The fourth-order valence-electron chi connectivity index (χ4n) is 3.80. The molecule has 4 rings (SSSR count). The highest BCUT2D eigenvalue weighted by atomic mass is 32.1. The number of carbonyl (C=O) groups is 1. The number of amides is 1. The van der Waals surface area contributed by atoms with Gasteiger partial charge in [0.15, 0.2) is 11.5 Å². The van der Waals surface area contributed by atoms with Gasteiger partial charge in [0, 0.05) is 35.9 Å². The number of benzene rings is 2. The van der Waals surface area contributed by atoms with Crippen molar-refractivity contribution in [3.8, 4) is 11.5 Å². The minimum atomic E-state index is -0.354. The number of carbonyl (C=O) groups excluding carboxylic acids is 1. The van der Waals surface area contributed by atoms with Crippen LogP contribution in [0.1, 0.15) is 33.6 Å². The summed E-state index contributed by atoms with van der Waals surface area (Å²) in [5.41, 5.74) is 1.43. The molecule has 1 aliphatic heterocycles. The maximum Gasteiger partial charge on any atom is 0.262 e. The number of methoxy groups -OCH3 is 2. The SMILES string of the molecule is COCc1c(C(=O)NCc2ccc(OCC3CCCO3)c(OC)c2)sc2cccc(F)c12. The standard InChI is InChI=1S/C24H26FNO5S/c1-28-14-17-22-18(25)6-3-7-21(22)32-23(17)24(27)26-12-15-8-9-19(20(11-15)29-2)31-13-16-5-4-10-30-16/h3,6-9,11,16H,4-5,10,12-14H2,1-2H3,(H,26,27). The van der Waals surface area contributed by atoms with Crippen molar-refractivity contribution in [3.05, 3.63) is 58.2 Å². The zero-order chi connectivity index (χ0) is 22.5. The average Bonchev–Trinajstić information content (AvgIpc) is 3.45. The van der Waals surface area contributed by atoms with Crippen LogP contribution in [0.5, 0.6) is 11.5 Å². The van der Waals surface area contributed by atoms with E-state index in [0.717, 1.165) is 29.7 Å². The van der Waals surface area contributed by atoms with Crippen LogP contribution in [-0.4, -0.2) is 39.4 Å². The van der Waals surface area contributed by atoms with Crippen molar-refractivity contribution in [3.63, 3.8) is 0 Å². The van der Waals surface area contributed by atoms with Gasteiger partial charge in [-0.3, -0.25) is 4.79 Å². The van der Waals surface area contributed by atoms with Crippen molar-refractivity contribution < 1.29 is 28.1 Å². The number of rotatable bonds is 9. The van der Waals surface area contributed by atoms with Gasteiger partial charge in [0.05, 0.1) is 24.7 Å². The summed E-state index contributed by atoms with van der Waals surface area (Å²) in [5, 5.41) is 3.36. The van der Waals surface area contributed by atoms with Crippen molar-refractivity contribution in [2.75, 3.05) is 27.4 Å². The molecule has 8 heteroatoms. The predicted octanol–water partition coefficient (Wildman–Crippen LogP) is 4.68. The van der Waals surface area contributed by atoms with E-state index in [9.17, 15) is 9.18 Å². The molecule has 32 heavy (non-hydrogen) atoms. The molecule has 2 aromatic carbocycles. The lowest BCUT2D eigenvalue weighted by Crippen LogP contribution is -2.23. The molecule has 1 unspecified atom stereocenters. The molecule has 170 valence electrons. The second kappa shape index (κ2) is 10.3. The molecule has 0 bridgehead atoms. The quantitative estimate of drug-likeness (QED) is 0.503. The third-order valence-electron chi connectivity index (χ3n) is 5.39. The summed E-state index contributed by atoms with van der Waals surface area (Å²) in [5.74, 6) is 0.614. The van der Waals surface area contributed by atoms with Gasteiger partial charge in [0.25, 0.3) is 5.91 Å². The van der Waals surface area contributed by atoms with Gasteiger partial charge < -0.3 is 24.3 Å². The number of fused-ring (bicyclic) bond motifs is 1. The van der Waals surface area contributed by atoms with E-state index >= 15 is 0 Å². The number of thiophene rings is 1. The first-order chi connectivity index (χ1) is 15.6. The Hall–Kier alpha value is -2.68. The van der Waals surface area contributed by atoms with E-state index in [4.69, 9.17) is 18.9 Å².